The highest BCUT2D eigenvalue weighted by Crippen LogP contribution is 2.25. The van der Waals surface area contributed by atoms with Gasteiger partial charge < -0.3 is 15.2 Å². The first-order valence-corrected chi connectivity index (χ1v) is 7.08. The Morgan fingerprint density at radius 1 is 1.05 bits per heavy atom. The van der Waals surface area contributed by atoms with Crippen molar-refractivity contribution in [2.75, 3.05) is 13.2 Å². The van der Waals surface area contributed by atoms with E-state index >= 15 is 0 Å². The molecule has 2 N–H and O–H groups in total. The van der Waals surface area contributed by atoms with E-state index in [1.54, 1.807) is 6.07 Å². The van der Waals surface area contributed by atoms with E-state index in [9.17, 15) is 8.78 Å². The zero-order valence-electron chi connectivity index (χ0n) is 11.1. The molecule has 0 bridgehead atoms. The fourth-order valence-electron chi connectivity index (χ4n) is 1.71. The van der Waals surface area contributed by atoms with Gasteiger partial charge in [0.25, 0.3) is 0 Å². The van der Waals surface area contributed by atoms with E-state index in [0.29, 0.717) is 16.8 Å². The fourth-order valence-corrected chi connectivity index (χ4v) is 2.12. The predicted molar refractivity (Wildman–Crippen MR) is 79.4 cm³/mol. The molecule has 0 radical (unpaired) electrons. The summed E-state index contributed by atoms with van der Waals surface area (Å²) in [5, 5.41) is 0. The lowest BCUT2D eigenvalue weighted by atomic mass is 10.2. The standard InChI is InChI=1S/C15H14BrF2NO2/c16-11-7-13(17)15(18)14(8-11)21-5-4-20-12-3-1-2-10(6-12)9-19/h1-3,6-8H,4-5,9,19H2. The summed E-state index contributed by atoms with van der Waals surface area (Å²) < 4.78 is 37.7. The molecule has 21 heavy (non-hydrogen) atoms. The number of nitrogens with two attached hydrogens (primary N) is 1. The Morgan fingerprint density at radius 2 is 1.81 bits per heavy atom. The Labute approximate surface area is 129 Å². The van der Waals surface area contributed by atoms with Gasteiger partial charge in [-0.3, -0.25) is 0 Å². The van der Waals surface area contributed by atoms with E-state index in [0.717, 1.165) is 11.6 Å². The molecule has 0 unspecified atom stereocenters. The molecule has 0 aliphatic heterocycles. The molecule has 0 atom stereocenters. The lowest BCUT2D eigenvalue weighted by Gasteiger charge is -2.10. The largest absolute Gasteiger partial charge is 0.490 e. The van der Waals surface area contributed by atoms with Crippen LogP contribution >= 0.6 is 15.9 Å². The van der Waals surface area contributed by atoms with Crippen LogP contribution in [0.15, 0.2) is 40.9 Å². The smallest absolute Gasteiger partial charge is 0.200 e. The van der Waals surface area contributed by atoms with E-state index in [2.05, 4.69) is 15.9 Å². The first-order chi connectivity index (χ1) is 10.1. The van der Waals surface area contributed by atoms with E-state index in [4.69, 9.17) is 15.2 Å². The third-order valence-corrected chi connectivity index (χ3v) is 3.16. The summed E-state index contributed by atoms with van der Waals surface area (Å²) in [6, 6.07) is 9.74. The number of halogens is 3. The highest BCUT2D eigenvalue weighted by Gasteiger charge is 2.11. The van der Waals surface area contributed by atoms with Crippen LogP contribution in [-0.4, -0.2) is 13.2 Å². The number of hydrogen-bond donors (Lipinski definition) is 1. The highest BCUT2D eigenvalue weighted by atomic mass is 79.9. The van der Waals surface area contributed by atoms with Crippen LogP contribution in [0.5, 0.6) is 11.5 Å². The molecular weight excluding hydrogens is 344 g/mol. The van der Waals surface area contributed by atoms with Crippen molar-refractivity contribution in [2.24, 2.45) is 5.73 Å². The van der Waals surface area contributed by atoms with Gasteiger partial charge in [0.15, 0.2) is 11.6 Å². The predicted octanol–water partition coefficient (Wildman–Crippen LogP) is 3.64. The van der Waals surface area contributed by atoms with Crippen LogP contribution in [0.3, 0.4) is 0 Å². The quantitative estimate of drug-likeness (QED) is 0.633. The summed E-state index contributed by atoms with van der Waals surface area (Å²) in [6.45, 7) is 0.734. The van der Waals surface area contributed by atoms with E-state index < -0.39 is 11.6 Å². The van der Waals surface area contributed by atoms with E-state index in [-0.39, 0.29) is 19.0 Å². The SMILES string of the molecule is NCc1cccc(OCCOc2cc(Br)cc(F)c2F)c1. The molecule has 0 aliphatic rings. The fraction of sp³-hybridized carbons (Fsp3) is 0.200. The maximum absolute atomic E-state index is 13.5. The molecule has 0 spiro atoms. The number of ether oxygens (including phenoxy) is 2. The van der Waals surface area contributed by atoms with Crippen LogP contribution in [0.4, 0.5) is 8.78 Å². The van der Waals surface area contributed by atoms with Gasteiger partial charge in [-0.1, -0.05) is 28.1 Å². The van der Waals surface area contributed by atoms with Crippen molar-refractivity contribution >= 4 is 15.9 Å². The molecule has 6 heteroatoms. The van der Waals surface area contributed by atoms with E-state index in [1.807, 2.05) is 18.2 Å². The second kappa shape index (κ2) is 7.38. The second-order valence-electron chi connectivity index (χ2n) is 4.25. The Hall–Kier alpha value is -1.66. The minimum atomic E-state index is -1.01. The van der Waals surface area contributed by atoms with Gasteiger partial charge in [-0.15, -0.1) is 0 Å². The highest BCUT2D eigenvalue weighted by molar-refractivity contribution is 9.10. The van der Waals surface area contributed by atoms with Crippen molar-refractivity contribution < 1.29 is 18.3 Å². The molecule has 3 nitrogen and oxygen atoms in total. The lowest BCUT2D eigenvalue weighted by Crippen LogP contribution is -2.10. The summed E-state index contributed by atoms with van der Waals surface area (Å²) in [6.07, 6.45) is 0. The molecule has 2 aromatic rings. The summed E-state index contributed by atoms with van der Waals surface area (Å²) >= 11 is 3.08. The maximum atomic E-state index is 13.5. The number of rotatable bonds is 6. The topological polar surface area (TPSA) is 44.5 Å². The molecular formula is C15H14BrF2NO2. The summed E-state index contributed by atoms with van der Waals surface area (Å²) in [5.74, 6) is -1.47. The van der Waals surface area contributed by atoms with Crippen molar-refractivity contribution in [3.05, 3.63) is 58.1 Å². The van der Waals surface area contributed by atoms with Crippen LogP contribution < -0.4 is 15.2 Å². The number of benzene rings is 2. The Bertz CT molecular complexity index is 623. The van der Waals surface area contributed by atoms with Gasteiger partial charge in [-0.2, -0.15) is 4.39 Å². The molecule has 0 aromatic heterocycles. The van der Waals surface area contributed by atoms with Crippen molar-refractivity contribution in [3.8, 4) is 11.5 Å². The van der Waals surface area contributed by atoms with Crippen LogP contribution in [-0.2, 0) is 6.54 Å². The summed E-state index contributed by atoms with van der Waals surface area (Å²) in [7, 11) is 0. The minimum absolute atomic E-state index is 0.0969. The van der Waals surface area contributed by atoms with Crippen molar-refractivity contribution in [2.45, 2.75) is 6.54 Å². The lowest BCUT2D eigenvalue weighted by molar-refractivity contribution is 0.209. The van der Waals surface area contributed by atoms with Gasteiger partial charge in [-0.05, 0) is 29.8 Å². The van der Waals surface area contributed by atoms with Crippen LogP contribution in [0.2, 0.25) is 0 Å². The third kappa shape index (κ3) is 4.41. The molecule has 0 amide bonds. The zero-order chi connectivity index (χ0) is 15.2. The molecule has 2 aromatic carbocycles. The average Bonchev–Trinajstić information content (AvgIpc) is 2.48. The Kier molecular flexibility index (Phi) is 5.52. The zero-order valence-corrected chi connectivity index (χ0v) is 12.7. The Balaban J connectivity index is 1.87. The molecule has 2 rings (SSSR count). The Morgan fingerprint density at radius 3 is 2.57 bits per heavy atom. The molecule has 0 saturated carbocycles. The average molecular weight is 358 g/mol. The molecule has 112 valence electrons. The van der Waals surface area contributed by atoms with Gasteiger partial charge in [0.2, 0.25) is 5.82 Å². The monoisotopic (exact) mass is 357 g/mol. The minimum Gasteiger partial charge on any atom is -0.490 e. The normalized spacial score (nSPS) is 10.5. The van der Waals surface area contributed by atoms with Gasteiger partial charge >= 0.3 is 0 Å². The summed E-state index contributed by atoms with van der Waals surface area (Å²) in [4.78, 5) is 0. The third-order valence-electron chi connectivity index (χ3n) is 2.70. The first-order valence-electron chi connectivity index (χ1n) is 6.29. The summed E-state index contributed by atoms with van der Waals surface area (Å²) in [5.41, 5.74) is 6.48. The van der Waals surface area contributed by atoms with Crippen molar-refractivity contribution in [1.82, 2.24) is 0 Å². The van der Waals surface area contributed by atoms with Crippen molar-refractivity contribution in [3.63, 3.8) is 0 Å². The molecule has 0 heterocycles. The van der Waals surface area contributed by atoms with Crippen LogP contribution in [0.1, 0.15) is 5.56 Å². The number of hydrogen-bond acceptors (Lipinski definition) is 3. The first kappa shape index (κ1) is 15.7. The maximum Gasteiger partial charge on any atom is 0.200 e. The van der Waals surface area contributed by atoms with Crippen LogP contribution in [0.25, 0.3) is 0 Å². The van der Waals surface area contributed by atoms with Gasteiger partial charge in [0.05, 0.1) is 0 Å². The van der Waals surface area contributed by atoms with Crippen LogP contribution in [0, 0.1) is 11.6 Å². The van der Waals surface area contributed by atoms with Gasteiger partial charge in [-0.25, -0.2) is 4.39 Å². The van der Waals surface area contributed by atoms with E-state index in [1.165, 1.54) is 6.07 Å². The van der Waals surface area contributed by atoms with Gasteiger partial charge in [0.1, 0.15) is 19.0 Å². The molecule has 0 saturated heterocycles. The van der Waals surface area contributed by atoms with Gasteiger partial charge in [0, 0.05) is 11.0 Å². The van der Waals surface area contributed by atoms with Crippen molar-refractivity contribution in [1.29, 1.82) is 0 Å². The second-order valence-corrected chi connectivity index (χ2v) is 5.16. The molecule has 0 fully saturated rings. The molecule has 0 aliphatic carbocycles.